The number of ether oxygens (including phenoxy) is 1. The van der Waals surface area contributed by atoms with Crippen molar-refractivity contribution in [2.45, 2.75) is 44.5 Å². The maximum absolute atomic E-state index is 5.87. The quantitative estimate of drug-likeness (QED) is 0.726. The van der Waals surface area contributed by atoms with Gasteiger partial charge < -0.3 is 4.74 Å². The van der Waals surface area contributed by atoms with Gasteiger partial charge in [-0.2, -0.15) is 0 Å². The summed E-state index contributed by atoms with van der Waals surface area (Å²) in [7, 11) is 0. The smallest absolute Gasteiger partial charge is 0.123 e. The maximum Gasteiger partial charge on any atom is 0.123 e. The van der Waals surface area contributed by atoms with E-state index in [1.54, 1.807) is 0 Å². The van der Waals surface area contributed by atoms with E-state index in [-0.39, 0.29) is 5.60 Å². The molecule has 0 aliphatic carbocycles. The van der Waals surface area contributed by atoms with E-state index in [0.29, 0.717) is 10.7 Å². The Hall–Kier alpha value is -0.500. The number of halogens is 1. The van der Waals surface area contributed by atoms with E-state index in [4.69, 9.17) is 4.74 Å². The lowest BCUT2D eigenvalue weighted by atomic mass is 9.97. The van der Waals surface area contributed by atoms with Gasteiger partial charge in [0, 0.05) is 11.2 Å². The molecule has 1 unspecified atom stereocenters. The van der Waals surface area contributed by atoms with E-state index in [9.17, 15) is 0 Å². The van der Waals surface area contributed by atoms with Crippen LogP contribution in [0.1, 0.15) is 43.6 Å². The predicted molar refractivity (Wildman–Crippen MR) is 71.4 cm³/mol. The molecule has 2 rings (SSSR count). The van der Waals surface area contributed by atoms with E-state index < -0.39 is 0 Å². The molecule has 1 atom stereocenters. The minimum absolute atomic E-state index is 0.0411. The monoisotopic (exact) mass is 282 g/mol. The first kappa shape index (κ1) is 12.0. The van der Waals surface area contributed by atoms with Gasteiger partial charge in [-0.25, -0.2) is 0 Å². The molecule has 0 radical (unpaired) electrons. The zero-order chi connectivity index (χ0) is 11.9. The molecule has 1 heterocycles. The Morgan fingerprint density at radius 3 is 2.62 bits per heavy atom. The zero-order valence-corrected chi connectivity index (χ0v) is 12.0. The first-order valence-corrected chi connectivity index (χ1v) is 6.76. The highest BCUT2D eigenvalue weighted by molar-refractivity contribution is 9.09. The van der Waals surface area contributed by atoms with Crippen molar-refractivity contribution in [3.8, 4) is 5.75 Å². The SMILES string of the molecule is CC(C)C(Br)c1ccc2c(c1)CC(C)(C)O2. The molecule has 0 saturated carbocycles. The summed E-state index contributed by atoms with van der Waals surface area (Å²) >= 11 is 3.75. The van der Waals surface area contributed by atoms with Crippen molar-refractivity contribution in [1.82, 2.24) is 0 Å². The maximum atomic E-state index is 5.87. The summed E-state index contributed by atoms with van der Waals surface area (Å²) < 4.78 is 5.87. The van der Waals surface area contributed by atoms with Crippen LogP contribution in [0.3, 0.4) is 0 Å². The summed E-state index contributed by atoms with van der Waals surface area (Å²) in [4.78, 5) is 0.432. The number of hydrogen-bond donors (Lipinski definition) is 0. The average Bonchev–Trinajstić information content (AvgIpc) is 2.48. The second-order valence-corrected chi connectivity index (χ2v) is 6.54. The number of fused-ring (bicyclic) bond motifs is 1. The fourth-order valence-corrected chi connectivity index (χ4v) is 2.47. The second-order valence-electron chi connectivity index (χ2n) is 5.55. The zero-order valence-electron chi connectivity index (χ0n) is 10.4. The Kier molecular flexibility index (Phi) is 3.04. The first-order valence-electron chi connectivity index (χ1n) is 5.85. The molecule has 16 heavy (non-hydrogen) atoms. The van der Waals surface area contributed by atoms with Crippen molar-refractivity contribution >= 4 is 15.9 Å². The third kappa shape index (κ3) is 2.27. The van der Waals surface area contributed by atoms with Gasteiger partial charge in [0.2, 0.25) is 0 Å². The predicted octanol–water partition coefficient (Wildman–Crippen LogP) is 4.49. The van der Waals surface area contributed by atoms with E-state index in [1.165, 1.54) is 11.1 Å². The van der Waals surface area contributed by atoms with Crippen LogP contribution in [0.25, 0.3) is 0 Å². The Morgan fingerprint density at radius 1 is 1.31 bits per heavy atom. The summed E-state index contributed by atoms with van der Waals surface area (Å²) in [5.41, 5.74) is 2.66. The summed E-state index contributed by atoms with van der Waals surface area (Å²) in [6.45, 7) is 8.74. The molecule has 0 bridgehead atoms. The Balaban J connectivity index is 2.29. The summed E-state index contributed by atoms with van der Waals surface area (Å²) in [6.07, 6.45) is 1.01. The molecule has 0 spiro atoms. The van der Waals surface area contributed by atoms with E-state index in [0.717, 1.165) is 12.2 Å². The molecule has 0 saturated heterocycles. The van der Waals surface area contributed by atoms with Gasteiger partial charge in [0.15, 0.2) is 0 Å². The van der Waals surface area contributed by atoms with Gasteiger partial charge in [-0.05, 0) is 37.0 Å². The summed E-state index contributed by atoms with van der Waals surface area (Å²) in [5, 5.41) is 0. The fraction of sp³-hybridized carbons (Fsp3) is 0.571. The Bertz CT molecular complexity index is 396. The van der Waals surface area contributed by atoms with Gasteiger partial charge >= 0.3 is 0 Å². The molecule has 1 nitrogen and oxygen atoms in total. The number of hydrogen-bond acceptors (Lipinski definition) is 1. The number of benzene rings is 1. The molecule has 0 aromatic heterocycles. The fourth-order valence-electron chi connectivity index (χ4n) is 2.19. The van der Waals surface area contributed by atoms with Crippen molar-refractivity contribution in [1.29, 1.82) is 0 Å². The molecule has 1 aromatic carbocycles. The highest BCUT2D eigenvalue weighted by Crippen LogP contribution is 2.39. The van der Waals surface area contributed by atoms with Crippen LogP contribution in [-0.2, 0) is 6.42 Å². The van der Waals surface area contributed by atoms with Gasteiger partial charge in [0.25, 0.3) is 0 Å². The highest BCUT2D eigenvalue weighted by Gasteiger charge is 2.30. The van der Waals surface area contributed by atoms with Crippen LogP contribution in [0, 0.1) is 5.92 Å². The lowest BCUT2D eigenvalue weighted by Gasteiger charge is -2.16. The molecule has 0 N–H and O–H groups in total. The van der Waals surface area contributed by atoms with Gasteiger partial charge in [-0.15, -0.1) is 0 Å². The van der Waals surface area contributed by atoms with Crippen LogP contribution in [0.5, 0.6) is 5.75 Å². The lowest BCUT2D eigenvalue weighted by Crippen LogP contribution is -2.24. The van der Waals surface area contributed by atoms with Gasteiger partial charge in [0.1, 0.15) is 11.4 Å². The van der Waals surface area contributed by atoms with Crippen LogP contribution in [-0.4, -0.2) is 5.60 Å². The lowest BCUT2D eigenvalue weighted by molar-refractivity contribution is 0.138. The van der Waals surface area contributed by atoms with E-state index in [1.807, 2.05) is 0 Å². The molecule has 88 valence electrons. The standard InChI is InChI=1S/C14H19BrO/c1-9(2)13(15)10-5-6-12-11(7-10)8-14(3,4)16-12/h5-7,9,13H,8H2,1-4H3. The van der Waals surface area contributed by atoms with Crippen molar-refractivity contribution in [2.24, 2.45) is 5.92 Å². The van der Waals surface area contributed by atoms with Crippen LogP contribution in [0.15, 0.2) is 18.2 Å². The molecular formula is C14H19BrO. The minimum Gasteiger partial charge on any atom is -0.487 e. The van der Waals surface area contributed by atoms with Crippen molar-refractivity contribution < 1.29 is 4.74 Å². The van der Waals surface area contributed by atoms with Crippen LogP contribution in [0.4, 0.5) is 0 Å². The van der Waals surface area contributed by atoms with Gasteiger partial charge in [0.05, 0.1) is 0 Å². The molecule has 0 amide bonds. The van der Waals surface area contributed by atoms with Crippen molar-refractivity contribution in [2.75, 3.05) is 0 Å². The number of rotatable bonds is 2. The molecule has 1 aliphatic heterocycles. The molecule has 1 aliphatic rings. The molecule has 1 aromatic rings. The minimum atomic E-state index is -0.0411. The summed E-state index contributed by atoms with van der Waals surface area (Å²) in [6, 6.07) is 6.55. The van der Waals surface area contributed by atoms with Gasteiger partial charge in [-0.3, -0.25) is 0 Å². The largest absolute Gasteiger partial charge is 0.487 e. The summed E-state index contributed by atoms with van der Waals surface area (Å²) in [5.74, 6) is 1.66. The van der Waals surface area contributed by atoms with Crippen molar-refractivity contribution in [3.05, 3.63) is 29.3 Å². The van der Waals surface area contributed by atoms with Crippen LogP contribution >= 0.6 is 15.9 Å². The number of alkyl halides is 1. The third-order valence-electron chi connectivity index (χ3n) is 2.99. The second kappa shape index (κ2) is 4.06. The Morgan fingerprint density at radius 2 is 2.00 bits per heavy atom. The highest BCUT2D eigenvalue weighted by atomic mass is 79.9. The topological polar surface area (TPSA) is 9.23 Å². The van der Waals surface area contributed by atoms with Gasteiger partial charge in [-0.1, -0.05) is 41.9 Å². The normalized spacial score (nSPS) is 19.4. The van der Waals surface area contributed by atoms with E-state index >= 15 is 0 Å². The molecular weight excluding hydrogens is 264 g/mol. The third-order valence-corrected chi connectivity index (χ3v) is 4.58. The van der Waals surface area contributed by atoms with E-state index in [2.05, 4.69) is 61.8 Å². The first-order chi connectivity index (χ1) is 7.39. The molecule has 2 heteroatoms. The van der Waals surface area contributed by atoms with Crippen molar-refractivity contribution in [3.63, 3.8) is 0 Å². The van der Waals surface area contributed by atoms with Crippen LogP contribution in [0.2, 0.25) is 0 Å². The average molecular weight is 283 g/mol. The Labute approximate surface area is 106 Å². The van der Waals surface area contributed by atoms with Crippen LogP contribution < -0.4 is 4.74 Å². The molecule has 0 fully saturated rings.